The predicted molar refractivity (Wildman–Crippen MR) is 158 cm³/mol. The number of hydrogen-bond acceptors (Lipinski definition) is 3. The van der Waals surface area contributed by atoms with Gasteiger partial charge in [0.05, 0.1) is 17.8 Å². The molecule has 0 aliphatic carbocycles. The lowest BCUT2D eigenvalue weighted by molar-refractivity contribution is -0.115. The minimum Gasteiger partial charge on any atom is -0.351 e. The van der Waals surface area contributed by atoms with Gasteiger partial charge < -0.3 is 20.1 Å². The standard InChI is InChI=1S/C31H33N5OS/c1-6-28(37)33-25-15-14-23(17-20(25)3)36-30(29(34-31(36)38)26-12-9-10-16-32-26)24-18-21(4)35(22(24)5)27-13-8-7-11-19(27)2/h7-18,29-30H,6H2,1-5H3,(H,33,37)(H,34,38)/t29-,30+/m0/s1. The van der Waals surface area contributed by atoms with Crippen LogP contribution in [0.4, 0.5) is 11.4 Å². The van der Waals surface area contributed by atoms with Gasteiger partial charge in [0.1, 0.15) is 0 Å². The number of benzene rings is 2. The molecule has 4 aromatic rings. The van der Waals surface area contributed by atoms with E-state index in [0.29, 0.717) is 11.5 Å². The minimum atomic E-state index is -0.130. The van der Waals surface area contributed by atoms with E-state index in [2.05, 4.69) is 77.3 Å². The van der Waals surface area contributed by atoms with Crippen molar-refractivity contribution >= 4 is 34.6 Å². The molecule has 7 heteroatoms. The molecule has 1 aliphatic heterocycles. The summed E-state index contributed by atoms with van der Waals surface area (Å²) in [5.41, 5.74) is 9.63. The van der Waals surface area contributed by atoms with Crippen molar-refractivity contribution in [1.29, 1.82) is 0 Å². The summed E-state index contributed by atoms with van der Waals surface area (Å²) < 4.78 is 2.33. The van der Waals surface area contributed by atoms with Crippen LogP contribution in [0.5, 0.6) is 0 Å². The molecule has 2 N–H and O–H groups in total. The average molecular weight is 524 g/mol. The molecule has 1 fully saturated rings. The van der Waals surface area contributed by atoms with Gasteiger partial charge in [0.2, 0.25) is 5.91 Å². The molecule has 1 aliphatic rings. The van der Waals surface area contributed by atoms with Crippen molar-refractivity contribution in [1.82, 2.24) is 14.9 Å². The van der Waals surface area contributed by atoms with Crippen molar-refractivity contribution in [3.8, 4) is 5.69 Å². The summed E-state index contributed by atoms with van der Waals surface area (Å²) in [5.74, 6) is -0.00375. The number of para-hydroxylation sites is 1. The number of anilines is 2. The molecule has 194 valence electrons. The van der Waals surface area contributed by atoms with Crippen LogP contribution < -0.4 is 15.5 Å². The molecule has 0 unspecified atom stereocenters. The van der Waals surface area contributed by atoms with Gasteiger partial charge in [-0.3, -0.25) is 9.78 Å². The van der Waals surface area contributed by atoms with Gasteiger partial charge in [-0.25, -0.2) is 0 Å². The first-order valence-corrected chi connectivity index (χ1v) is 13.4. The number of pyridine rings is 1. The van der Waals surface area contributed by atoms with Gasteiger partial charge in [0.15, 0.2) is 5.11 Å². The number of carbonyl (C=O) groups excluding carboxylic acids is 1. The number of rotatable bonds is 6. The molecule has 3 heterocycles. The fourth-order valence-corrected chi connectivity index (χ4v) is 5.74. The Morgan fingerprint density at radius 1 is 1.00 bits per heavy atom. The Morgan fingerprint density at radius 3 is 2.45 bits per heavy atom. The lowest BCUT2D eigenvalue weighted by atomic mass is 9.96. The summed E-state index contributed by atoms with van der Waals surface area (Å²) in [6.45, 7) is 10.3. The Balaban J connectivity index is 1.64. The highest BCUT2D eigenvalue weighted by Gasteiger charge is 2.42. The fourth-order valence-electron chi connectivity index (χ4n) is 5.40. The average Bonchev–Trinajstić information content (AvgIpc) is 3.41. The van der Waals surface area contributed by atoms with Crippen LogP contribution in [0.25, 0.3) is 5.69 Å². The summed E-state index contributed by atoms with van der Waals surface area (Å²) in [5, 5.41) is 7.21. The van der Waals surface area contributed by atoms with E-state index in [1.165, 1.54) is 22.5 Å². The second-order valence-corrected chi connectivity index (χ2v) is 10.2. The van der Waals surface area contributed by atoms with Gasteiger partial charge in [-0.15, -0.1) is 0 Å². The van der Waals surface area contributed by atoms with Crippen LogP contribution >= 0.6 is 12.2 Å². The summed E-state index contributed by atoms with van der Waals surface area (Å²) in [6.07, 6.45) is 2.26. The van der Waals surface area contributed by atoms with Crippen molar-refractivity contribution in [3.05, 3.63) is 107 Å². The van der Waals surface area contributed by atoms with Crippen molar-refractivity contribution in [2.45, 2.75) is 53.1 Å². The molecule has 5 rings (SSSR count). The summed E-state index contributed by atoms with van der Waals surface area (Å²) in [7, 11) is 0. The van der Waals surface area contributed by atoms with E-state index in [0.717, 1.165) is 28.3 Å². The Morgan fingerprint density at radius 2 is 1.76 bits per heavy atom. The number of nitrogens with one attached hydrogen (secondary N) is 2. The molecule has 0 bridgehead atoms. The zero-order valence-electron chi connectivity index (χ0n) is 22.4. The first-order valence-electron chi connectivity index (χ1n) is 13.0. The summed E-state index contributed by atoms with van der Waals surface area (Å²) >= 11 is 5.95. The number of aryl methyl sites for hydroxylation is 3. The number of carbonyl (C=O) groups is 1. The monoisotopic (exact) mass is 523 g/mol. The third-order valence-electron chi connectivity index (χ3n) is 7.33. The van der Waals surface area contributed by atoms with E-state index in [9.17, 15) is 4.79 Å². The van der Waals surface area contributed by atoms with E-state index in [4.69, 9.17) is 17.2 Å². The van der Waals surface area contributed by atoms with Crippen LogP contribution in [0.1, 0.15) is 59.2 Å². The van der Waals surface area contributed by atoms with Gasteiger partial charge in [-0.2, -0.15) is 0 Å². The second kappa shape index (κ2) is 10.4. The number of amides is 1. The third-order valence-corrected chi connectivity index (χ3v) is 7.64. The molecule has 2 aromatic heterocycles. The molecule has 1 saturated heterocycles. The molecule has 0 saturated carbocycles. The third kappa shape index (κ3) is 4.58. The molecular weight excluding hydrogens is 490 g/mol. The molecule has 1 amide bonds. The quantitative estimate of drug-likeness (QED) is 0.278. The van der Waals surface area contributed by atoms with E-state index >= 15 is 0 Å². The van der Waals surface area contributed by atoms with Crippen molar-refractivity contribution in [2.24, 2.45) is 0 Å². The van der Waals surface area contributed by atoms with Gasteiger partial charge >= 0.3 is 0 Å². The van der Waals surface area contributed by atoms with E-state index < -0.39 is 0 Å². The van der Waals surface area contributed by atoms with Gasteiger partial charge in [0, 0.05) is 41.1 Å². The predicted octanol–water partition coefficient (Wildman–Crippen LogP) is 6.63. The normalized spacial score (nSPS) is 17.0. The Bertz CT molecular complexity index is 1510. The lowest BCUT2D eigenvalue weighted by Crippen LogP contribution is -2.29. The first-order chi connectivity index (χ1) is 18.3. The van der Waals surface area contributed by atoms with Crippen molar-refractivity contribution in [2.75, 3.05) is 10.2 Å². The fraction of sp³-hybridized carbons (Fsp3) is 0.258. The number of nitrogens with zero attached hydrogens (tertiary/aromatic N) is 3. The second-order valence-electron chi connectivity index (χ2n) is 9.85. The molecule has 38 heavy (non-hydrogen) atoms. The zero-order valence-corrected chi connectivity index (χ0v) is 23.3. The maximum atomic E-state index is 12.0. The van der Waals surface area contributed by atoms with Gasteiger partial charge in [0.25, 0.3) is 0 Å². The highest BCUT2D eigenvalue weighted by Crippen LogP contribution is 2.44. The molecule has 0 radical (unpaired) electrons. The van der Waals surface area contributed by atoms with E-state index in [-0.39, 0.29) is 18.0 Å². The van der Waals surface area contributed by atoms with Crippen molar-refractivity contribution in [3.63, 3.8) is 0 Å². The Hall–Kier alpha value is -3.97. The molecule has 0 spiro atoms. The van der Waals surface area contributed by atoms with Gasteiger partial charge in [-0.05, 0) is 99.1 Å². The number of thiocarbonyl (C=S) groups is 1. The molecule has 2 aromatic carbocycles. The van der Waals surface area contributed by atoms with Crippen molar-refractivity contribution < 1.29 is 4.79 Å². The molecule has 2 atom stereocenters. The summed E-state index contributed by atoms with van der Waals surface area (Å²) in [6, 6.07) is 22.6. The molecule has 6 nitrogen and oxygen atoms in total. The van der Waals surface area contributed by atoms with Crippen LogP contribution in [0.15, 0.2) is 72.9 Å². The van der Waals surface area contributed by atoms with Crippen LogP contribution in [-0.2, 0) is 4.79 Å². The van der Waals surface area contributed by atoms with Crippen LogP contribution in [0.2, 0.25) is 0 Å². The van der Waals surface area contributed by atoms with E-state index in [1.807, 2.05) is 50.4 Å². The van der Waals surface area contributed by atoms with Gasteiger partial charge in [-0.1, -0.05) is 31.2 Å². The minimum absolute atomic E-state index is 0.00375. The summed E-state index contributed by atoms with van der Waals surface area (Å²) in [4.78, 5) is 18.9. The Kier molecular flexibility index (Phi) is 7.04. The maximum absolute atomic E-state index is 12.0. The number of hydrogen-bond donors (Lipinski definition) is 2. The van der Waals surface area contributed by atoms with Crippen LogP contribution in [0, 0.1) is 27.7 Å². The highest BCUT2D eigenvalue weighted by molar-refractivity contribution is 7.80. The maximum Gasteiger partial charge on any atom is 0.224 e. The SMILES string of the molecule is CCC(=O)Nc1ccc(N2C(=S)N[C@@H](c3ccccn3)[C@H]2c2cc(C)n(-c3ccccc3C)c2C)cc1C. The zero-order chi connectivity index (χ0) is 27.0. The van der Waals surface area contributed by atoms with E-state index in [1.54, 1.807) is 0 Å². The van der Waals surface area contributed by atoms with Crippen LogP contribution in [0.3, 0.4) is 0 Å². The molecular formula is C31H33N5OS. The van der Waals surface area contributed by atoms with Crippen LogP contribution in [-0.4, -0.2) is 20.6 Å². The smallest absolute Gasteiger partial charge is 0.224 e. The largest absolute Gasteiger partial charge is 0.351 e. The number of aromatic nitrogens is 2. The lowest BCUT2D eigenvalue weighted by Gasteiger charge is -2.29. The first kappa shape index (κ1) is 25.7. The Labute approximate surface area is 229 Å². The highest BCUT2D eigenvalue weighted by atomic mass is 32.1. The topological polar surface area (TPSA) is 62.2 Å².